The molecule has 7 nitrogen and oxygen atoms in total. The predicted octanol–water partition coefficient (Wildman–Crippen LogP) is 4.06. The first-order chi connectivity index (χ1) is 18.2. The number of nitrogens with one attached hydrogen (secondary N) is 1. The van der Waals surface area contributed by atoms with Crippen LogP contribution in [0.2, 0.25) is 5.04 Å². The van der Waals surface area contributed by atoms with Crippen molar-refractivity contribution in [2.75, 3.05) is 18.8 Å². The first kappa shape index (κ1) is 28.9. The molecular weight excluding hydrogens is 537 g/mol. The highest BCUT2D eigenvalue weighted by Gasteiger charge is 2.51. The Bertz CT molecular complexity index is 1270. The van der Waals surface area contributed by atoms with Gasteiger partial charge in [0.15, 0.2) is 0 Å². The number of rotatable bonds is 10. The van der Waals surface area contributed by atoms with Gasteiger partial charge < -0.3 is 13.9 Å². The fraction of sp³-hybridized carbons (Fsp3) is 0.429. The van der Waals surface area contributed by atoms with Crippen LogP contribution >= 0.6 is 21.6 Å². The maximum atomic E-state index is 12.6. The number of H-pyrrole nitrogens is 1. The van der Waals surface area contributed by atoms with E-state index in [1.54, 1.807) is 34.7 Å². The summed E-state index contributed by atoms with van der Waals surface area (Å²) in [4.78, 5) is 26.9. The lowest BCUT2D eigenvalue weighted by molar-refractivity contribution is -0.0523. The summed E-state index contributed by atoms with van der Waals surface area (Å²) < 4.78 is 21.2. The van der Waals surface area contributed by atoms with Crippen molar-refractivity contribution < 1.29 is 13.9 Å². The van der Waals surface area contributed by atoms with E-state index in [-0.39, 0.29) is 22.8 Å². The first-order valence-corrected chi connectivity index (χ1v) is 17.3. The molecule has 4 rings (SSSR count). The highest BCUT2D eigenvalue weighted by atomic mass is 33.1. The highest BCUT2D eigenvalue weighted by molar-refractivity contribution is 8.76. The van der Waals surface area contributed by atoms with Crippen molar-refractivity contribution >= 4 is 40.3 Å². The fourth-order valence-electron chi connectivity index (χ4n) is 5.13. The van der Waals surface area contributed by atoms with Gasteiger partial charge in [0.1, 0.15) is 18.3 Å². The number of benzene rings is 2. The molecule has 3 atom stereocenters. The topological polar surface area (TPSA) is 82.6 Å². The largest absolute Gasteiger partial charge is 0.405 e. The predicted molar refractivity (Wildman–Crippen MR) is 159 cm³/mol. The van der Waals surface area contributed by atoms with Crippen molar-refractivity contribution in [1.29, 1.82) is 0 Å². The minimum atomic E-state index is -2.77. The maximum absolute atomic E-state index is 12.6. The van der Waals surface area contributed by atoms with Gasteiger partial charge in [0.25, 0.3) is 13.9 Å². The lowest BCUT2D eigenvalue weighted by Crippen LogP contribution is -2.67. The molecule has 2 heterocycles. The smallest absolute Gasteiger partial charge is 0.330 e. The van der Waals surface area contributed by atoms with Crippen LogP contribution in [0.3, 0.4) is 0 Å². The van der Waals surface area contributed by atoms with E-state index in [0.29, 0.717) is 24.5 Å². The van der Waals surface area contributed by atoms with E-state index in [1.807, 2.05) is 18.4 Å². The Kier molecular flexibility index (Phi) is 9.43. The van der Waals surface area contributed by atoms with E-state index < -0.39 is 20.2 Å². The van der Waals surface area contributed by atoms with E-state index in [9.17, 15) is 9.59 Å². The van der Waals surface area contributed by atoms with Crippen molar-refractivity contribution in [3.63, 3.8) is 0 Å². The summed E-state index contributed by atoms with van der Waals surface area (Å²) in [5, 5.41) is 2.21. The Labute approximate surface area is 232 Å². The summed E-state index contributed by atoms with van der Waals surface area (Å²) in [6.45, 7) is 8.71. The molecule has 204 valence electrons. The SMILES string of the molecule is CSSCOC1C[C@H](n2cc(C)c(=O)[nH]c2=O)O[C@@H]1CO[Si](c1ccccc1)(c1ccccc1)C(C)(C)C. The van der Waals surface area contributed by atoms with Gasteiger partial charge in [-0.15, -0.1) is 0 Å². The molecule has 0 spiro atoms. The third-order valence-electron chi connectivity index (χ3n) is 6.97. The Morgan fingerprint density at radius 1 is 1.05 bits per heavy atom. The van der Waals surface area contributed by atoms with Gasteiger partial charge in [0.05, 0.1) is 12.7 Å². The Hall–Kier alpha value is -2.08. The minimum absolute atomic E-state index is 0.175. The molecule has 1 fully saturated rings. The third kappa shape index (κ3) is 6.05. The molecule has 2 aromatic carbocycles. The number of ether oxygens (including phenoxy) is 2. The van der Waals surface area contributed by atoms with Crippen LogP contribution < -0.4 is 21.6 Å². The number of hydrogen-bond acceptors (Lipinski definition) is 7. The van der Waals surface area contributed by atoms with Crippen LogP contribution in [0.4, 0.5) is 0 Å². The average molecular weight is 573 g/mol. The van der Waals surface area contributed by atoms with Crippen LogP contribution in [0.25, 0.3) is 0 Å². The highest BCUT2D eigenvalue weighted by Crippen LogP contribution is 2.38. The average Bonchev–Trinajstić information content (AvgIpc) is 3.30. The number of nitrogens with zero attached hydrogens (tertiary/aromatic N) is 1. The molecule has 1 N–H and O–H groups in total. The van der Waals surface area contributed by atoms with Gasteiger partial charge in [-0.1, -0.05) is 103 Å². The summed E-state index contributed by atoms with van der Waals surface area (Å²) >= 11 is 0. The molecule has 0 bridgehead atoms. The van der Waals surface area contributed by atoms with Gasteiger partial charge in [-0.3, -0.25) is 14.3 Å². The molecule has 0 saturated carbocycles. The second kappa shape index (κ2) is 12.4. The standard InChI is InChI=1S/C28H36N2O5S2Si/c1-20-17-30(27(32)29-26(20)31)25-16-23(33-19-37-36-5)24(35-25)18-34-38(28(2,3)4,21-12-8-6-9-13-21)22-14-10-7-11-15-22/h6-15,17,23-25H,16,18-19H2,1-5H3,(H,29,31,32)/t23?,24-,25-/m1/s1. The monoisotopic (exact) mass is 572 g/mol. The van der Waals surface area contributed by atoms with E-state index in [0.717, 1.165) is 0 Å². The van der Waals surface area contributed by atoms with Gasteiger partial charge in [-0.2, -0.15) is 0 Å². The zero-order chi connectivity index (χ0) is 27.3. The van der Waals surface area contributed by atoms with Crippen LogP contribution in [0.15, 0.2) is 76.4 Å². The van der Waals surface area contributed by atoms with Crippen LogP contribution in [-0.4, -0.2) is 48.9 Å². The third-order valence-corrected chi connectivity index (χ3v) is 13.4. The zero-order valence-electron chi connectivity index (χ0n) is 22.5. The molecule has 3 aromatic rings. The second-order valence-corrected chi connectivity index (χ2v) is 17.2. The van der Waals surface area contributed by atoms with Crippen molar-refractivity contribution in [3.05, 3.63) is 93.3 Å². The van der Waals surface area contributed by atoms with Crippen molar-refractivity contribution in [2.45, 2.75) is 57.6 Å². The molecule has 0 radical (unpaired) electrons. The Morgan fingerprint density at radius 3 is 2.21 bits per heavy atom. The van der Waals surface area contributed by atoms with Crippen LogP contribution in [0, 0.1) is 6.92 Å². The van der Waals surface area contributed by atoms with E-state index in [1.165, 1.54) is 14.9 Å². The van der Waals surface area contributed by atoms with Gasteiger partial charge in [-0.25, -0.2) is 4.79 Å². The summed E-state index contributed by atoms with van der Waals surface area (Å²) in [7, 11) is 0.476. The van der Waals surface area contributed by atoms with Gasteiger partial charge in [-0.05, 0) is 28.6 Å². The minimum Gasteiger partial charge on any atom is -0.405 e. The Morgan fingerprint density at radius 2 is 1.66 bits per heavy atom. The fourth-order valence-corrected chi connectivity index (χ4v) is 10.5. The van der Waals surface area contributed by atoms with Crippen LogP contribution in [-0.2, 0) is 13.9 Å². The van der Waals surface area contributed by atoms with Gasteiger partial charge in [0, 0.05) is 18.2 Å². The second-order valence-electron chi connectivity index (χ2n) is 10.4. The number of aromatic amines is 1. The molecule has 1 unspecified atom stereocenters. The first-order valence-electron chi connectivity index (χ1n) is 12.7. The van der Waals surface area contributed by atoms with E-state index in [4.69, 9.17) is 13.9 Å². The summed E-state index contributed by atoms with van der Waals surface area (Å²) in [6.07, 6.45) is 2.84. The van der Waals surface area contributed by atoms with Crippen LogP contribution in [0.1, 0.15) is 39.0 Å². The molecule has 1 aliphatic heterocycles. The lowest BCUT2D eigenvalue weighted by Gasteiger charge is -2.43. The molecule has 38 heavy (non-hydrogen) atoms. The van der Waals surface area contributed by atoms with Gasteiger partial charge in [0.2, 0.25) is 0 Å². The summed E-state index contributed by atoms with van der Waals surface area (Å²) in [5.41, 5.74) is -0.424. The molecule has 1 aliphatic rings. The lowest BCUT2D eigenvalue weighted by atomic mass is 10.2. The number of hydrogen-bond donors (Lipinski definition) is 1. The molecule has 0 amide bonds. The number of aromatic nitrogens is 2. The summed E-state index contributed by atoms with van der Waals surface area (Å²) in [5.74, 6) is 0.497. The van der Waals surface area contributed by atoms with E-state index >= 15 is 0 Å². The van der Waals surface area contributed by atoms with Crippen molar-refractivity contribution in [2.24, 2.45) is 0 Å². The molecular formula is C28H36N2O5S2Si. The number of aryl methyl sites for hydroxylation is 1. The van der Waals surface area contributed by atoms with Crippen molar-refractivity contribution in [3.8, 4) is 0 Å². The quantitative estimate of drug-likeness (QED) is 0.170. The Balaban J connectivity index is 1.68. The molecule has 1 saturated heterocycles. The summed E-state index contributed by atoms with van der Waals surface area (Å²) in [6, 6.07) is 20.9. The molecule has 1 aromatic heterocycles. The maximum Gasteiger partial charge on any atom is 0.330 e. The van der Waals surface area contributed by atoms with Crippen LogP contribution in [0.5, 0.6) is 0 Å². The van der Waals surface area contributed by atoms with Gasteiger partial charge >= 0.3 is 5.69 Å². The zero-order valence-corrected chi connectivity index (χ0v) is 25.1. The normalized spacial score (nSPS) is 20.1. The van der Waals surface area contributed by atoms with E-state index in [2.05, 4.69) is 74.3 Å². The van der Waals surface area contributed by atoms with Crippen molar-refractivity contribution in [1.82, 2.24) is 9.55 Å². The molecule has 0 aliphatic carbocycles. The molecule has 10 heteroatoms.